The van der Waals surface area contributed by atoms with Gasteiger partial charge in [0.1, 0.15) is 11.9 Å². The summed E-state index contributed by atoms with van der Waals surface area (Å²) in [6.45, 7) is 1.90. The van der Waals surface area contributed by atoms with E-state index in [1.54, 1.807) is 49.2 Å². The Balaban J connectivity index is 1.66. The van der Waals surface area contributed by atoms with Crippen LogP contribution in [0.2, 0.25) is 0 Å². The Morgan fingerprint density at radius 1 is 0.944 bits per heavy atom. The minimum absolute atomic E-state index is 0.330. The molecule has 2 atom stereocenters. The summed E-state index contributed by atoms with van der Waals surface area (Å²) in [6, 6.07) is 23.1. The molecule has 1 aromatic heterocycles. The first kappa shape index (κ1) is 23.2. The average Bonchev–Trinajstić information content (AvgIpc) is 3.25. The van der Waals surface area contributed by atoms with Crippen LogP contribution in [0.25, 0.3) is 5.69 Å². The summed E-state index contributed by atoms with van der Waals surface area (Å²) in [4.78, 5) is 26.7. The minimum atomic E-state index is -0.879. The molecule has 0 saturated heterocycles. The van der Waals surface area contributed by atoms with Gasteiger partial charge >= 0.3 is 0 Å². The van der Waals surface area contributed by atoms with Crippen LogP contribution in [0.4, 0.5) is 5.82 Å². The van der Waals surface area contributed by atoms with E-state index in [-0.39, 0.29) is 11.8 Å². The third-order valence-electron chi connectivity index (χ3n) is 6.37. The number of rotatable bonds is 6. The quantitative estimate of drug-likeness (QED) is 0.432. The molecule has 182 valence electrons. The maximum atomic E-state index is 13.6. The lowest BCUT2D eigenvalue weighted by Crippen LogP contribution is -2.50. The zero-order valence-electron chi connectivity index (χ0n) is 20.2. The molecule has 0 spiro atoms. The van der Waals surface area contributed by atoms with Gasteiger partial charge in [-0.1, -0.05) is 42.5 Å². The maximum Gasteiger partial charge on any atom is 0.251 e. The predicted octanol–water partition coefficient (Wildman–Crippen LogP) is 4.08. The number of carbonyl (C=O) groups excluding carboxylic acids is 2. The van der Waals surface area contributed by atoms with Crippen molar-refractivity contribution in [1.82, 2.24) is 15.1 Å². The van der Waals surface area contributed by atoms with E-state index < -0.39 is 12.0 Å². The monoisotopic (exact) mass is 482 g/mol. The summed E-state index contributed by atoms with van der Waals surface area (Å²) in [5.41, 5.74) is 3.65. The van der Waals surface area contributed by atoms with Crippen LogP contribution in [-0.4, -0.2) is 41.9 Å². The van der Waals surface area contributed by atoms with Gasteiger partial charge in [0.05, 0.1) is 25.6 Å². The minimum Gasteiger partial charge on any atom is -0.493 e. The molecule has 2 N–H and O–H groups in total. The number of anilines is 1. The first-order chi connectivity index (χ1) is 17.5. The molecule has 0 unspecified atom stereocenters. The molecule has 0 radical (unpaired) electrons. The number of aryl methyl sites for hydroxylation is 1. The number of nitrogens with zero attached hydrogens (tertiary/aromatic N) is 2. The highest BCUT2D eigenvalue weighted by molar-refractivity contribution is 6.04. The van der Waals surface area contributed by atoms with Crippen molar-refractivity contribution in [3.05, 3.63) is 101 Å². The van der Waals surface area contributed by atoms with E-state index in [9.17, 15) is 9.59 Å². The van der Waals surface area contributed by atoms with E-state index in [4.69, 9.17) is 14.6 Å². The average molecular weight is 483 g/mol. The van der Waals surface area contributed by atoms with E-state index in [0.717, 1.165) is 22.5 Å². The second-order valence-electron chi connectivity index (χ2n) is 8.49. The van der Waals surface area contributed by atoms with Gasteiger partial charge in [-0.25, -0.2) is 4.68 Å². The third-order valence-corrected chi connectivity index (χ3v) is 6.37. The van der Waals surface area contributed by atoms with Gasteiger partial charge in [0.25, 0.3) is 5.91 Å². The highest BCUT2D eigenvalue weighted by atomic mass is 16.5. The fourth-order valence-corrected chi connectivity index (χ4v) is 4.67. The van der Waals surface area contributed by atoms with Crippen LogP contribution in [0.3, 0.4) is 0 Å². The summed E-state index contributed by atoms with van der Waals surface area (Å²) in [7, 11) is 3.13. The van der Waals surface area contributed by atoms with Gasteiger partial charge in [0.2, 0.25) is 5.91 Å². The number of hydrogen-bond acceptors (Lipinski definition) is 5. The number of ether oxygens (including phenoxy) is 2. The van der Waals surface area contributed by atoms with Crippen molar-refractivity contribution in [1.29, 1.82) is 0 Å². The molecule has 36 heavy (non-hydrogen) atoms. The predicted molar refractivity (Wildman–Crippen MR) is 136 cm³/mol. The SMILES string of the molecule is COc1ccc([C@@H]2c3c(C)nn(-c4ccccc4)c3NC(=O)[C@H]2NC(=O)c2ccccc2)cc1OC. The largest absolute Gasteiger partial charge is 0.493 e. The van der Waals surface area contributed by atoms with Crippen molar-refractivity contribution in [2.75, 3.05) is 19.5 Å². The third kappa shape index (κ3) is 4.07. The van der Waals surface area contributed by atoms with Gasteiger partial charge in [-0.3, -0.25) is 9.59 Å². The van der Waals surface area contributed by atoms with Gasteiger partial charge in [0, 0.05) is 17.0 Å². The summed E-state index contributed by atoms with van der Waals surface area (Å²) in [5.74, 6) is 0.501. The molecular weight excluding hydrogens is 456 g/mol. The molecule has 3 aromatic carbocycles. The van der Waals surface area contributed by atoms with Crippen LogP contribution in [0.1, 0.15) is 33.1 Å². The van der Waals surface area contributed by atoms with Gasteiger partial charge in [-0.15, -0.1) is 0 Å². The van der Waals surface area contributed by atoms with Crippen LogP contribution < -0.4 is 20.1 Å². The number of para-hydroxylation sites is 1. The molecule has 0 saturated carbocycles. The molecule has 5 rings (SSSR count). The zero-order chi connectivity index (χ0) is 25.2. The second kappa shape index (κ2) is 9.58. The number of aromatic nitrogens is 2. The lowest BCUT2D eigenvalue weighted by atomic mass is 9.81. The lowest BCUT2D eigenvalue weighted by molar-refractivity contribution is -0.118. The highest BCUT2D eigenvalue weighted by Gasteiger charge is 2.42. The number of benzene rings is 3. The Hall–Kier alpha value is -4.59. The molecule has 8 heteroatoms. The van der Waals surface area contributed by atoms with Crippen LogP contribution in [-0.2, 0) is 4.79 Å². The number of methoxy groups -OCH3 is 2. The Morgan fingerprint density at radius 2 is 1.61 bits per heavy atom. The number of hydrogen-bond donors (Lipinski definition) is 2. The van der Waals surface area contributed by atoms with Gasteiger partial charge in [-0.2, -0.15) is 5.10 Å². The topological polar surface area (TPSA) is 94.5 Å². The van der Waals surface area contributed by atoms with Crippen molar-refractivity contribution < 1.29 is 19.1 Å². The Bertz CT molecular complexity index is 1420. The fraction of sp³-hybridized carbons (Fsp3) is 0.179. The van der Waals surface area contributed by atoms with Gasteiger partial charge in [0.15, 0.2) is 11.5 Å². The highest BCUT2D eigenvalue weighted by Crippen LogP contribution is 2.42. The van der Waals surface area contributed by atoms with Crippen LogP contribution >= 0.6 is 0 Å². The second-order valence-corrected chi connectivity index (χ2v) is 8.49. The zero-order valence-corrected chi connectivity index (χ0v) is 20.2. The summed E-state index contributed by atoms with van der Waals surface area (Å²) in [6.07, 6.45) is 0. The summed E-state index contributed by atoms with van der Waals surface area (Å²) in [5, 5.41) is 10.7. The molecule has 0 aliphatic carbocycles. The van der Waals surface area contributed by atoms with Gasteiger partial charge in [-0.05, 0) is 48.9 Å². The normalized spacial score (nSPS) is 16.6. The molecule has 2 heterocycles. The van der Waals surface area contributed by atoms with E-state index >= 15 is 0 Å². The van der Waals surface area contributed by atoms with Crippen molar-refractivity contribution >= 4 is 17.6 Å². The van der Waals surface area contributed by atoms with E-state index in [0.29, 0.717) is 22.9 Å². The fourth-order valence-electron chi connectivity index (χ4n) is 4.67. The molecule has 0 fully saturated rings. The number of fused-ring (bicyclic) bond motifs is 1. The lowest BCUT2D eigenvalue weighted by Gasteiger charge is -2.33. The smallest absolute Gasteiger partial charge is 0.251 e. The number of carbonyl (C=O) groups is 2. The van der Waals surface area contributed by atoms with Crippen molar-refractivity contribution in [3.8, 4) is 17.2 Å². The molecular formula is C28H26N4O4. The summed E-state index contributed by atoms with van der Waals surface area (Å²) < 4.78 is 12.7. The van der Waals surface area contributed by atoms with Crippen molar-refractivity contribution in [2.24, 2.45) is 0 Å². The molecule has 1 aliphatic heterocycles. The van der Waals surface area contributed by atoms with E-state index in [1.165, 1.54) is 0 Å². The van der Waals surface area contributed by atoms with Crippen molar-refractivity contribution in [2.45, 2.75) is 18.9 Å². The van der Waals surface area contributed by atoms with Crippen LogP contribution in [0, 0.1) is 6.92 Å². The summed E-state index contributed by atoms with van der Waals surface area (Å²) >= 11 is 0. The molecule has 1 aliphatic rings. The maximum absolute atomic E-state index is 13.6. The van der Waals surface area contributed by atoms with E-state index in [1.807, 2.05) is 55.5 Å². The molecule has 4 aromatic rings. The number of nitrogens with one attached hydrogen (secondary N) is 2. The Labute approximate surface area is 208 Å². The first-order valence-corrected chi connectivity index (χ1v) is 11.6. The molecule has 0 bridgehead atoms. The van der Waals surface area contributed by atoms with E-state index in [2.05, 4.69) is 10.6 Å². The van der Waals surface area contributed by atoms with Gasteiger partial charge < -0.3 is 20.1 Å². The number of amides is 2. The Morgan fingerprint density at radius 3 is 2.28 bits per heavy atom. The molecule has 8 nitrogen and oxygen atoms in total. The van der Waals surface area contributed by atoms with Crippen LogP contribution in [0.5, 0.6) is 11.5 Å². The Kier molecular flexibility index (Phi) is 6.16. The van der Waals surface area contributed by atoms with Crippen LogP contribution in [0.15, 0.2) is 78.9 Å². The first-order valence-electron chi connectivity index (χ1n) is 11.6. The molecule has 2 amide bonds. The van der Waals surface area contributed by atoms with Crippen molar-refractivity contribution in [3.63, 3.8) is 0 Å². The standard InChI is InChI=1S/C28H26N4O4/c1-17-23-24(19-14-15-21(35-2)22(16-19)36-3)25(29-27(33)18-10-6-4-7-11-18)28(34)30-26(23)32(31-17)20-12-8-5-9-13-20/h4-16,24-25H,1-3H3,(H,29,33)(H,30,34)/t24-,25+/m1/s1.